The van der Waals surface area contributed by atoms with Gasteiger partial charge < -0.3 is 0 Å². The lowest BCUT2D eigenvalue weighted by atomic mass is 10.1. The maximum absolute atomic E-state index is 9.03. The smallest absolute Gasteiger partial charge is 0.145 e. The maximum Gasteiger partial charge on any atom is 0.145 e. The standard InChI is InChI=1S/C11H16ClN3/c1-5-8(4)15-11(12)9(6-13)10(14-15)7(2)3/h7-8H,5H2,1-4H3. The average molecular weight is 226 g/mol. The van der Waals surface area contributed by atoms with Gasteiger partial charge in [0.1, 0.15) is 16.8 Å². The van der Waals surface area contributed by atoms with E-state index in [0.717, 1.165) is 12.1 Å². The Morgan fingerprint density at radius 1 is 1.47 bits per heavy atom. The molecule has 0 aromatic carbocycles. The third kappa shape index (κ3) is 2.15. The lowest BCUT2D eigenvalue weighted by molar-refractivity contribution is 0.472. The number of hydrogen-bond acceptors (Lipinski definition) is 2. The Labute approximate surface area is 95.7 Å². The van der Waals surface area contributed by atoms with Crippen LogP contribution in [0.1, 0.15) is 57.3 Å². The van der Waals surface area contributed by atoms with Crippen LogP contribution in [0.4, 0.5) is 0 Å². The van der Waals surface area contributed by atoms with Crippen molar-refractivity contribution in [1.82, 2.24) is 9.78 Å². The molecule has 0 N–H and O–H groups in total. The molecule has 1 aromatic rings. The van der Waals surface area contributed by atoms with Gasteiger partial charge >= 0.3 is 0 Å². The van der Waals surface area contributed by atoms with Crippen LogP contribution in [0.15, 0.2) is 0 Å². The minimum atomic E-state index is 0.224. The Morgan fingerprint density at radius 2 is 2.07 bits per heavy atom. The zero-order valence-electron chi connectivity index (χ0n) is 9.58. The van der Waals surface area contributed by atoms with Crippen molar-refractivity contribution in [3.63, 3.8) is 0 Å². The minimum absolute atomic E-state index is 0.224. The quantitative estimate of drug-likeness (QED) is 0.790. The van der Waals surface area contributed by atoms with Crippen molar-refractivity contribution in [3.05, 3.63) is 16.4 Å². The molecule has 0 spiro atoms. The molecule has 1 aromatic heterocycles. The summed E-state index contributed by atoms with van der Waals surface area (Å²) in [5, 5.41) is 13.9. The van der Waals surface area contributed by atoms with Gasteiger partial charge in [-0.05, 0) is 19.3 Å². The minimum Gasteiger partial charge on any atom is -0.250 e. The molecule has 82 valence electrons. The molecule has 0 aliphatic carbocycles. The number of nitrogens with zero attached hydrogens (tertiary/aromatic N) is 3. The summed E-state index contributed by atoms with van der Waals surface area (Å²) in [6.45, 7) is 8.15. The zero-order chi connectivity index (χ0) is 11.6. The zero-order valence-corrected chi connectivity index (χ0v) is 10.3. The first-order chi connectivity index (χ1) is 7.02. The van der Waals surface area contributed by atoms with Gasteiger partial charge in [-0.15, -0.1) is 0 Å². The molecular formula is C11H16ClN3. The molecule has 0 saturated carbocycles. The highest BCUT2D eigenvalue weighted by Gasteiger charge is 2.20. The fraction of sp³-hybridized carbons (Fsp3) is 0.636. The topological polar surface area (TPSA) is 41.6 Å². The lowest BCUT2D eigenvalue weighted by Gasteiger charge is -2.09. The van der Waals surface area contributed by atoms with E-state index in [1.54, 1.807) is 4.68 Å². The van der Waals surface area contributed by atoms with Gasteiger partial charge in [0.2, 0.25) is 0 Å². The van der Waals surface area contributed by atoms with Crippen LogP contribution in [0.5, 0.6) is 0 Å². The Hall–Kier alpha value is -1.01. The number of hydrogen-bond donors (Lipinski definition) is 0. The predicted octanol–water partition coefficient (Wildman–Crippen LogP) is 3.50. The summed E-state index contributed by atoms with van der Waals surface area (Å²) in [5.74, 6) is 0.224. The van der Waals surface area contributed by atoms with E-state index in [1.165, 1.54) is 0 Å². The molecular weight excluding hydrogens is 210 g/mol. The van der Waals surface area contributed by atoms with Gasteiger partial charge in [0.25, 0.3) is 0 Å². The van der Waals surface area contributed by atoms with Crippen LogP contribution in [-0.2, 0) is 0 Å². The second-order valence-electron chi connectivity index (χ2n) is 4.02. The Kier molecular flexibility index (Phi) is 3.76. The normalized spacial score (nSPS) is 12.9. The molecule has 0 bridgehead atoms. The fourth-order valence-corrected chi connectivity index (χ4v) is 1.75. The summed E-state index contributed by atoms with van der Waals surface area (Å²) in [6.07, 6.45) is 0.948. The van der Waals surface area contributed by atoms with Crippen molar-refractivity contribution < 1.29 is 0 Å². The monoisotopic (exact) mass is 225 g/mol. The van der Waals surface area contributed by atoms with E-state index in [1.807, 2.05) is 20.8 Å². The van der Waals surface area contributed by atoms with E-state index in [-0.39, 0.29) is 12.0 Å². The van der Waals surface area contributed by atoms with Gasteiger partial charge in [-0.25, -0.2) is 4.68 Å². The first-order valence-corrected chi connectivity index (χ1v) is 5.58. The Bertz CT molecular complexity index is 387. The van der Waals surface area contributed by atoms with Crippen LogP contribution in [0.3, 0.4) is 0 Å². The largest absolute Gasteiger partial charge is 0.250 e. The molecule has 15 heavy (non-hydrogen) atoms. The molecule has 0 aliphatic heterocycles. The van der Waals surface area contributed by atoms with Crippen molar-refractivity contribution in [2.45, 2.75) is 46.1 Å². The Balaban J connectivity index is 3.29. The maximum atomic E-state index is 9.03. The fourth-order valence-electron chi connectivity index (χ4n) is 1.40. The van der Waals surface area contributed by atoms with E-state index in [9.17, 15) is 0 Å². The van der Waals surface area contributed by atoms with Gasteiger partial charge in [-0.3, -0.25) is 0 Å². The van der Waals surface area contributed by atoms with Gasteiger partial charge in [-0.1, -0.05) is 32.4 Å². The summed E-state index contributed by atoms with van der Waals surface area (Å²) in [7, 11) is 0. The summed E-state index contributed by atoms with van der Waals surface area (Å²) in [6, 6.07) is 2.36. The van der Waals surface area contributed by atoms with E-state index in [4.69, 9.17) is 16.9 Å². The molecule has 0 aliphatic rings. The number of rotatable bonds is 3. The molecule has 4 heteroatoms. The third-order valence-corrected chi connectivity index (χ3v) is 2.91. The lowest BCUT2D eigenvalue weighted by Crippen LogP contribution is -2.06. The molecule has 0 amide bonds. The average Bonchev–Trinajstić information content (AvgIpc) is 2.54. The molecule has 1 heterocycles. The second-order valence-corrected chi connectivity index (χ2v) is 4.38. The van der Waals surface area contributed by atoms with Crippen molar-refractivity contribution in [2.75, 3.05) is 0 Å². The Morgan fingerprint density at radius 3 is 2.40 bits per heavy atom. The highest BCUT2D eigenvalue weighted by molar-refractivity contribution is 6.30. The van der Waals surface area contributed by atoms with Crippen LogP contribution in [0.2, 0.25) is 5.15 Å². The second kappa shape index (κ2) is 4.67. The molecule has 1 atom stereocenters. The van der Waals surface area contributed by atoms with E-state index in [2.05, 4.69) is 18.1 Å². The number of aromatic nitrogens is 2. The van der Waals surface area contributed by atoms with Crippen LogP contribution in [0.25, 0.3) is 0 Å². The summed E-state index contributed by atoms with van der Waals surface area (Å²) >= 11 is 6.13. The van der Waals surface area contributed by atoms with Gasteiger partial charge in [0, 0.05) is 0 Å². The van der Waals surface area contributed by atoms with Crippen molar-refractivity contribution in [3.8, 4) is 6.07 Å². The first-order valence-electron chi connectivity index (χ1n) is 5.20. The van der Waals surface area contributed by atoms with Crippen LogP contribution >= 0.6 is 11.6 Å². The molecule has 0 saturated heterocycles. The highest BCUT2D eigenvalue weighted by atomic mass is 35.5. The van der Waals surface area contributed by atoms with Crippen molar-refractivity contribution in [2.24, 2.45) is 0 Å². The van der Waals surface area contributed by atoms with E-state index < -0.39 is 0 Å². The highest BCUT2D eigenvalue weighted by Crippen LogP contribution is 2.28. The van der Waals surface area contributed by atoms with E-state index in [0.29, 0.717) is 10.7 Å². The first kappa shape index (κ1) is 12.1. The summed E-state index contributed by atoms with van der Waals surface area (Å²) in [4.78, 5) is 0. The number of halogens is 1. The number of nitriles is 1. The van der Waals surface area contributed by atoms with Crippen molar-refractivity contribution in [1.29, 1.82) is 5.26 Å². The van der Waals surface area contributed by atoms with Crippen LogP contribution in [-0.4, -0.2) is 9.78 Å². The molecule has 1 unspecified atom stereocenters. The van der Waals surface area contributed by atoms with E-state index >= 15 is 0 Å². The van der Waals surface area contributed by atoms with Crippen molar-refractivity contribution >= 4 is 11.6 Å². The molecule has 0 fully saturated rings. The predicted molar refractivity (Wildman–Crippen MR) is 61.0 cm³/mol. The van der Waals surface area contributed by atoms with Gasteiger partial charge in [0.15, 0.2) is 0 Å². The van der Waals surface area contributed by atoms with Crippen LogP contribution < -0.4 is 0 Å². The SMILES string of the molecule is CCC(C)n1nc(C(C)C)c(C#N)c1Cl. The third-order valence-electron chi connectivity index (χ3n) is 2.55. The molecule has 1 rings (SSSR count). The molecule has 3 nitrogen and oxygen atoms in total. The van der Waals surface area contributed by atoms with Crippen LogP contribution in [0, 0.1) is 11.3 Å². The van der Waals surface area contributed by atoms with Gasteiger partial charge in [0.05, 0.1) is 11.7 Å². The summed E-state index contributed by atoms with van der Waals surface area (Å²) in [5.41, 5.74) is 1.31. The van der Waals surface area contributed by atoms with Gasteiger partial charge in [-0.2, -0.15) is 10.4 Å². The summed E-state index contributed by atoms with van der Waals surface area (Å²) < 4.78 is 1.75. The molecule has 0 radical (unpaired) electrons.